The SMILES string of the molecule is CC#CC(=O)N1CCCC[C@H]1c1nc(-c2ccc(C(=O)Nc3cc(C)c(F)cn3)cc2)c(C(N)=O)n1N. The molecule has 11 heteroatoms. The van der Waals surface area contributed by atoms with Crippen LogP contribution in [0.2, 0.25) is 0 Å². The van der Waals surface area contributed by atoms with Crippen LogP contribution in [0, 0.1) is 24.6 Å². The number of nitrogens with zero attached hydrogens (tertiary/aromatic N) is 4. The molecular weight excluding hydrogens is 477 g/mol. The molecule has 0 saturated carbocycles. The molecule has 1 aliphatic rings. The molecule has 1 fully saturated rings. The second-order valence-electron chi connectivity index (χ2n) is 8.64. The first-order valence-electron chi connectivity index (χ1n) is 11.7. The summed E-state index contributed by atoms with van der Waals surface area (Å²) in [4.78, 5) is 47.7. The Labute approximate surface area is 212 Å². The lowest BCUT2D eigenvalue weighted by atomic mass is 10.0. The van der Waals surface area contributed by atoms with Crippen molar-refractivity contribution in [2.75, 3.05) is 17.7 Å². The fourth-order valence-electron chi connectivity index (χ4n) is 4.32. The van der Waals surface area contributed by atoms with Crippen LogP contribution in [0.4, 0.5) is 10.2 Å². The van der Waals surface area contributed by atoms with Gasteiger partial charge in [0.05, 0.1) is 12.2 Å². The first-order chi connectivity index (χ1) is 17.7. The monoisotopic (exact) mass is 503 g/mol. The van der Waals surface area contributed by atoms with Gasteiger partial charge in [0.15, 0.2) is 11.5 Å². The van der Waals surface area contributed by atoms with Gasteiger partial charge in [-0.1, -0.05) is 18.1 Å². The molecular formula is C26H26FN7O3. The number of carbonyl (C=O) groups is 3. The number of primary amides is 1. The highest BCUT2D eigenvalue weighted by Crippen LogP contribution is 2.33. The van der Waals surface area contributed by atoms with E-state index in [1.807, 2.05) is 0 Å². The van der Waals surface area contributed by atoms with Crippen molar-refractivity contribution in [3.05, 3.63) is 65.0 Å². The normalized spacial score (nSPS) is 15.0. The number of aromatic nitrogens is 3. The van der Waals surface area contributed by atoms with Gasteiger partial charge in [0.25, 0.3) is 17.7 Å². The van der Waals surface area contributed by atoms with Crippen molar-refractivity contribution < 1.29 is 18.8 Å². The number of nitrogen functional groups attached to an aromatic ring is 1. The van der Waals surface area contributed by atoms with E-state index in [2.05, 4.69) is 27.1 Å². The van der Waals surface area contributed by atoms with Crippen LogP contribution in [0.15, 0.2) is 36.5 Å². The van der Waals surface area contributed by atoms with Gasteiger partial charge in [-0.15, -0.1) is 0 Å². The van der Waals surface area contributed by atoms with Crippen LogP contribution in [0.1, 0.15) is 64.5 Å². The number of imidazole rings is 1. The van der Waals surface area contributed by atoms with E-state index in [9.17, 15) is 18.8 Å². The molecule has 0 unspecified atom stereocenters. The largest absolute Gasteiger partial charge is 0.364 e. The Morgan fingerprint density at radius 1 is 1.19 bits per heavy atom. The van der Waals surface area contributed by atoms with Crippen LogP contribution in [0.25, 0.3) is 11.3 Å². The molecule has 3 heterocycles. The van der Waals surface area contributed by atoms with E-state index >= 15 is 0 Å². The van der Waals surface area contributed by atoms with Gasteiger partial charge < -0.3 is 21.8 Å². The summed E-state index contributed by atoms with van der Waals surface area (Å²) in [5, 5.41) is 2.62. The highest BCUT2D eigenvalue weighted by Gasteiger charge is 2.33. The third kappa shape index (κ3) is 5.13. The number of aryl methyl sites for hydroxylation is 1. The number of piperidine rings is 1. The predicted molar refractivity (Wildman–Crippen MR) is 135 cm³/mol. The van der Waals surface area contributed by atoms with E-state index in [0.29, 0.717) is 35.5 Å². The highest BCUT2D eigenvalue weighted by molar-refractivity contribution is 6.04. The average Bonchev–Trinajstić information content (AvgIpc) is 3.23. The molecule has 1 aliphatic heterocycles. The standard InChI is InChI=1S/C26H26FN7O3/c1-3-6-21(35)33-12-5-4-7-19(33)25-32-22(23(24(28)36)34(25)29)16-8-10-17(11-9-16)26(37)31-20-13-15(2)18(27)14-30-20/h8-11,13-14,19H,4-5,7,12,29H2,1-2H3,(H2,28,36)(H,30,31,37)/t19-/m0/s1. The molecule has 1 aromatic carbocycles. The number of rotatable bonds is 5. The molecule has 5 N–H and O–H groups in total. The second kappa shape index (κ2) is 10.5. The van der Waals surface area contributed by atoms with Crippen molar-refractivity contribution in [2.45, 2.75) is 39.2 Å². The van der Waals surface area contributed by atoms with Crippen LogP contribution in [0.3, 0.4) is 0 Å². The van der Waals surface area contributed by atoms with E-state index in [1.54, 1.807) is 43.0 Å². The topological polar surface area (TPSA) is 149 Å². The van der Waals surface area contributed by atoms with Gasteiger partial charge in [-0.3, -0.25) is 14.4 Å². The van der Waals surface area contributed by atoms with Crippen LogP contribution < -0.4 is 16.9 Å². The van der Waals surface area contributed by atoms with Crippen molar-refractivity contribution in [3.8, 4) is 23.1 Å². The van der Waals surface area contributed by atoms with Crippen molar-refractivity contribution in [2.24, 2.45) is 5.73 Å². The summed E-state index contributed by atoms with van der Waals surface area (Å²) in [7, 11) is 0. The molecule has 0 spiro atoms. The van der Waals surface area contributed by atoms with Gasteiger partial charge in [0, 0.05) is 17.7 Å². The molecule has 10 nitrogen and oxygen atoms in total. The Morgan fingerprint density at radius 2 is 1.92 bits per heavy atom. The first kappa shape index (κ1) is 25.4. The Morgan fingerprint density at radius 3 is 2.57 bits per heavy atom. The lowest BCUT2D eigenvalue weighted by molar-refractivity contribution is -0.129. The van der Waals surface area contributed by atoms with Crippen LogP contribution in [0.5, 0.6) is 0 Å². The zero-order valence-corrected chi connectivity index (χ0v) is 20.4. The van der Waals surface area contributed by atoms with Crippen molar-refractivity contribution in [1.82, 2.24) is 19.5 Å². The minimum absolute atomic E-state index is 0.0160. The number of halogens is 1. The highest BCUT2D eigenvalue weighted by atomic mass is 19.1. The molecule has 3 amide bonds. The molecule has 37 heavy (non-hydrogen) atoms. The van der Waals surface area contributed by atoms with E-state index in [1.165, 1.54) is 6.07 Å². The van der Waals surface area contributed by atoms with E-state index in [-0.39, 0.29) is 23.1 Å². The molecule has 0 bridgehead atoms. The quantitative estimate of drug-likeness (QED) is 0.360. The Kier molecular flexibility index (Phi) is 7.20. The fourth-order valence-corrected chi connectivity index (χ4v) is 4.32. The summed E-state index contributed by atoms with van der Waals surface area (Å²) in [6, 6.07) is 7.30. The van der Waals surface area contributed by atoms with Crippen LogP contribution in [-0.4, -0.2) is 43.8 Å². The number of benzene rings is 1. The van der Waals surface area contributed by atoms with Gasteiger partial charge in [0.2, 0.25) is 0 Å². The maximum atomic E-state index is 13.4. The minimum atomic E-state index is -0.780. The van der Waals surface area contributed by atoms with Gasteiger partial charge in [-0.2, -0.15) is 0 Å². The summed E-state index contributed by atoms with van der Waals surface area (Å²) in [5.74, 6) is 9.97. The number of carbonyl (C=O) groups excluding carboxylic acids is 3. The number of amides is 3. The molecule has 190 valence electrons. The molecule has 0 aliphatic carbocycles. The number of hydrogen-bond acceptors (Lipinski definition) is 6. The lowest BCUT2D eigenvalue weighted by Gasteiger charge is -2.33. The number of anilines is 1. The van der Waals surface area contributed by atoms with Crippen LogP contribution in [-0.2, 0) is 4.79 Å². The Hall–Kier alpha value is -4.72. The van der Waals surface area contributed by atoms with Gasteiger partial charge in [0.1, 0.15) is 17.3 Å². The third-order valence-electron chi connectivity index (χ3n) is 6.17. The van der Waals surface area contributed by atoms with E-state index < -0.39 is 23.7 Å². The third-order valence-corrected chi connectivity index (χ3v) is 6.17. The van der Waals surface area contributed by atoms with Gasteiger partial charge in [-0.05, 0) is 62.8 Å². The molecule has 1 atom stereocenters. The average molecular weight is 504 g/mol. The molecule has 4 rings (SSSR count). The summed E-state index contributed by atoms with van der Waals surface area (Å²) >= 11 is 0. The summed E-state index contributed by atoms with van der Waals surface area (Å²) < 4.78 is 14.6. The van der Waals surface area contributed by atoms with Crippen molar-refractivity contribution >= 4 is 23.5 Å². The number of nitrogens with one attached hydrogen (secondary N) is 1. The minimum Gasteiger partial charge on any atom is -0.364 e. The summed E-state index contributed by atoms with van der Waals surface area (Å²) in [5.41, 5.74) is 7.04. The lowest BCUT2D eigenvalue weighted by Crippen LogP contribution is -2.40. The second-order valence-corrected chi connectivity index (χ2v) is 8.64. The Balaban J connectivity index is 1.64. The van der Waals surface area contributed by atoms with E-state index in [0.717, 1.165) is 23.7 Å². The smallest absolute Gasteiger partial charge is 0.299 e. The predicted octanol–water partition coefficient (Wildman–Crippen LogP) is 2.53. The van der Waals surface area contributed by atoms with Crippen molar-refractivity contribution in [1.29, 1.82) is 0 Å². The Bertz CT molecular complexity index is 1440. The molecule has 1 saturated heterocycles. The zero-order chi connectivity index (χ0) is 26.7. The van der Waals surface area contributed by atoms with E-state index in [4.69, 9.17) is 11.6 Å². The maximum absolute atomic E-state index is 13.4. The van der Waals surface area contributed by atoms with Crippen LogP contribution >= 0.6 is 0 Å². The maximum Gasteiger partial charge on any atom is 0.299 e. The molecule has 2 aromatic heterocycles. The number of pyridine rings is 1. The number of nitrogens with two attached hydrogens (primary N) is 2. The fraction of sp³-hybridized carbons (Fsp3) is 0.269. The zero-order valence-electron chi connectivity index (χ0n) is 20.4. The first-order valence-corrected chi connectivity index (χ1v) is 11.7. The molecule has 0 radical (unpaired) electrons. The number of hydrogen-bond donors (Lipinski definition) is 3. The summed E-state index contributed by atoms with van der Waals surface area (Å²) in [6.07, 6.45) is 3.33. The van der Waals surface area contributed by atoms with Gasteiger partial charge in [-0.25, -0.2) is 19.0 Å². The molecule has 3 aromatic rings. The van der Waals surface area contributed by atoms with Gasteiger partial charge >= 0.3 is 0 Å². The van der Waals surface area contributed by atoms with Crippen molar-refractivity contribution in [3.63, 3.8) is 0 Å². The number of likely N-dealkylation sites (tertiary alicyclic amines) is 1. The summed E-state index contributed by atoms with van der Waals surface area (Å²) in [6.45, 7) is 3.66.